The molecule has 1 heterocycles. The van der Waals surface area contributed by atoms with Crippen molar-refractivity contribution < 1.29 is 43.2 Å². The smallest absolute Gasteiger partial charge is 0.412 e. The van der Waals surface area contributed by atoms with Crippen LogP contribution in [0.1, 0.15) is 71.0 Å². The Morgan fingerprint density at radius 1 is 1.18 bits per heavy atom. The third-order valence-corrected chi connectivity index (χ3v) is 7.32. The average molecular weight is 562 g/mol. The SMILES string of the molecule is C/C(=C\c1csc(CO)n1)CC/C=C(\C/C=C/[C@H](C)[C@H](O)[C@@H](C)C(=O)C(C)(C)[C@@H](O)CC(=O)O)C(F)(F)F. The van der Waals surface area contributed by atoms with E-state index >= 15 is 0 Å². The zero-order valence-electron chi connectivity index (χ0n) is 22.3. The van der Waals surface area contributed by atoms with Crippen LogP contribution in [-0.4, -0.2) is 55.5 Å². The molecular formula is C27H38F3NO6S. The van der Waals surface area contributed by atoms with Gasteiger partial charge in [-0.25, -0.2) is 4.98 Å². The van der Waals surface area contributed by atoms with E-state index in [4.69, 9.17) is 10.2 Å². The highest BCUT2D eigenvalue weighted by atomic mass is 32.1. The molecule has 0 saturated heterocycles. The summed E-state index contributed by atoms with van der Waals surface area (Å²) < 4.78 is 40.6. The first kappa shape index (κ1) is 33.7. The lowest BCUT2D eigenvalue weighted by Crippen LogP contribution is -2.45. The van der Waals surface area contributed by atoms with Crippen LogP contribution in [0.15, 0.2) is 34.8 Å². The van der Waals surface area contributed by atoms with E-state index < -0.39 is 65.8 Å². The Kier molecular flexibility index (Phi) is 13.0. The Morgan fingerprint density at radius 3 is 2.34 bits per heavy atom. The minimum Gasteiger partial charge on any atom is -0.481 e. The van der Waals surface area contributed by atoms with E-state index in [-0.39, 0.29) is 13.0 Å². The summed E-state index contributed by atoms with van der Waals surface area (Å²) in [4.78, 5) is 27.9. The summed E-state index contributed by atoms with van der Waals surface area (Å²) in [5.41, 5.74) is -0.650. The molecular weight excluding hydrogens is 523 g/mol. The molecule has 1 aromatic rings. The van der Waals surface area contributed by atoms with Crippen LogP contribution >= 0.6 is 11.3 Å². The van der Waals surface area contributed by atoms with Crippen LogP contribution < -0.4 is 0 Å². The number of aliphatic carboxylic acids is 1. The molecule has 214 valence electrons. The summed E-state index contributed by atoms with van der Waals surface area (Å²) in [6, 6.07) is 0. The number of alkyl halides is 3. The second kappa shape index (κ2) is 14.7. The fraction of sp³-hybridized carbons (Fsp3) is 0.593. The van der Waals surface area contributed by atoms with Crippen LogP contribution in [0.5, 0.6) is 0 Å². The number of nitrogens with zero attached hydrogens (tertiary/aromatic N) is 1. The lowest BCUT2D eigenvalue weighted by atomic mass is 9.73. The number of allylic oxidation sites excluding steroid dienone is 4. The lowest BCUT2D eigenvalue weighted by molar-refractivity contribution is -0.147. The molecule has 0 bridgehead atoms. The molecule has 0 aliphatic heterocycles. The fourth-order valence-electron chi connectivity index (χ4n) is 3.88. The number of aliphatic hydroxyl groups is 3. The highest BCUT2D eigenvalue weighted by Gasteiger charge is 2.41. The van der Waals surface area contributed by atoms with Gasteiger partial charge in [-0.05, 0) is 32.3 Å². The number of carboxylic acids is 1. The zero-order chi connectivity index (χ0) is 29.3. The first-order valence-corrected chi connectivity index (χ1v) is 13.2. The van der Waals surface area contributed by atoms with Crippen molar-refractivity contribution in [1.82, 2.24) is 4.98 Å². The summed E-state index contributed by atoms with van der Waals surface area (Å²) in [7, 11) is 0. The van der Waals surface area contributed by atoms with Gasteiger partial charge in [-0.1, -0.05) is 51.5 Å². The van der Waals surface area contributed by atoms with Crippen molar-refractivity contribution in [3.8, 4) is 0 Å². The molecule has 4 atom stereocenters. The van der Waals surface area contributed by atoms with Gasteiger partial charge in [0.05, 0.1) is 36.3 Å². The average Bonchev–Trinajstić information content (AvgIpc) is 3.27. The van der Waals surface area contributed by atoms with Gasteiger partial charge in [0.1, 0.15) is 10.8 Å². The van der Waals surface area contributed by atoms with Gasteiger partial charge >= 0.3 is 12.1 Å². The zero-order valence-corrected chi connectivity index (χ0v) is 23.1. The summed E-state index contributed by atoms with van der Waals surface area (Å²) in [6.45, 7) is 7.44. The number of aliphatic hydroxyl groups excluding tert-OH is 3. The normalized spacial score (nSPS) is 16.9. The largest absolute Gasteiger partial charge is 0.481 e. The lowest BCUT2D eigenvalue weighted by Gasteiger charge is -2.33. The summed E-state index contributed by atoms with van der Waals surface area (Å²) >= 11 is 1.30. The number of rotatable bonds is 15. The molecule has 11 heteroatoms. The van der Waals surface area contributed by atoms with E-state index in [1.807, 2.05) is 0 Å². The van der Waals surface area contributed by atoms with E-state index in [0.717, 1.165) is 11.6 Å². The van der Waals surface area contributed by atoms with E-state index in [2.05, 4.69) is 4.98 Å². The van der Waals surface area contributed by atoms with Gasteiger partial charge < -0.3 is 20.4 Å². The van der Waals surface area contributed by atoms with Crippen molar-refractivity contribution in [2.45, 2.75) is 85.3 Å². The number of hydrogen-bond donors (Lipinski definition) is 4. The van der Waals surface area contributed by atoms with Gasteiger partial charge in [-0.2, -0.15) is 13.2 Å². The second-order valence-electron chi connectivity index (χ2n) is 10.1. The van der Waals surface area contributed by atoms with Crippen molar-refractivity contribution in [2.24, 2.45) is 17.3 Å². The number of thiazole rings is 1. The molecule has 0 aliphatic carbocycles. The monoisotopic (exact) mass is 561 g/mol. The first-order chi connectivity index (χ1) is 17.5. The quantitative estimate of drug-likeness (QED) is 0.214. The molecule has 0 saturated carbocycles. The number of halogens is 3. The van der Waals surface area contributed by atoms with Crippen LogP contribution in [-0.2, 0) is 16.2 Å². The molecule has 1 aromatic heterocycles. The number of aromatic nitrogens is 1. The molecule has 4 N–H and O–H groups in total. The van der Waals surface area contributed by atoms with Crippen LogP contribution in [0.25, 0.3) is 6.08 Å². The van der Waals surface area contributed by atoms with Crippen molar-refractivity contribution >= 4 is 29.2 Å². The highest BCUT2D eigenvalue weighted by molar-refractivity contribution is 7.09. The van der Waals surface area contributed by atoms with Gasteiger partial charge in [0, 0.05) is 22.8 Å². The highest BCUT2D eigenvalue weighted by Crippen LogP contribution is 2.32. The summed E-state index contributed by atoms with van der Waals surface area (Å²) in [6.07, 6.45) is -2.05. The predicted molar refractivity (Wildman–Crippen MR) is 140 cm³/mol. The molecule has 0 fully saturated rings. The van der Waals surface area contributed by atoms with Crippen molar-refractivity contribution in [3.05, 3.63) is 45.5 Å². The van der Waals surface area contributed by atoms with E-state index in [1.165, 1.54) is 44.3 Å². The minimum absolute atomic E-state index is 0.165. The summed E-state index contributed by atoms with van der Waals surface area (Å²) in [5.74, 6) is -3.45. The maximum absolute atomic E-state index is 13.5. The van der Waals surface area contributed by atoms with Gasteiger partial charge in [0.15, 0.2) is 0 Å². The number of carbonyl (C=O) groups excluding carboxylic acids is 1. The first-order valence-electron chi connectivity index (χ1n) is 12.3. The fourth-order valence-corrected chi connectivity index (χ4v) is 4.49. The molecule has 0 aliphatic rings. The molecule has 1 rings (SSSR count). The van der Waals surface area contributed by atoms with Gasteiger partial charge in [0.25, 0.3) is 0 Å². The number of hydrogen-bond acceptors (Lipinski definition) is 7. The Morgan fingerprint density at radius 2 is 1.82 bits per heavy atom. The molecule has 38 heavy (non-hydrogen) atoms. The second-order valence-corrected chi connectivity index (χ2v) is 11.0. The van der Waals surface area contributed by atoms with Crippen LogP contribution in [0.4, 0.5) is 13.2 Å². The van der Waals surface area contributed by atoms with Crippen LogP contribution in [0, 0.1) is 17.3 Å². The molecule has 0 unspecified atom stereocenters. The van der Waals surface area contributed by atoms with Crippen LogP contribution in [0.3, 0.4) is 0 Å². The van der Waals surface area contributed by atoms with Crippen molar-refractivity contribution in [2.75, 3.05) is 0 Å². The topological polar surface area (TPSA) is 128 Å². The van der Waals surface area contributed by atoms with E-state index in [9.17, 15) is 33.0 Å². The van der Waals surface area contributed by atoms with Gasteiger partial charge in [-0.15, -0.1) is 11.3 Å². The number of carbonyl (C=O) groups is 2. The Balaban J connectivity index is 2.80. The van der Waals surface area contributed by atoms with Gasteiger partial charge in [0.2, 0.25) is 0 Å². The maximum atomic E-state index is 13.5. The third kappa shape index (κ3) is 10.4. The number of Topliss-reactive ketones (excluding diaryl/α,β-unsaturated/α-hetero) is 1. The standard InChI is InChI=1S/C27H38F3NO6S/c1-16(12-20-15-38-22(14-32)31-20)8-6-10-19(27(28,29)30)11-7-9-17(2)24(36)18(3)25(37)26(4,5)21(33)13-23(34)35/h7,9-10,12,15,17-18,21,24,32-33,36H,6,8,11,13-14H2,1-5H3,(H,34,35)/b9-7+,16-12+,19-10+/t17-,18+,21-,24-/m0/s1. The number of carboxylic acid groups (broad SMARTS) is 1. The van der Waals surface area contributed by atoms with Crippen molar-refractivity contribution in [3.63, 3.8) is 0 Å². The van der Waals surface area contributed by atoms with E-state index in [1.54, 1.807) is 25.3 Å². The Hall–Kier alpha value is -2.34. The minimum atomic E-state index is -4.53. The molecule has 0 aromatic carbocycles. The molecule has 0 spiro atoms. The molecule has 0 amide bonds. The third-order valence-electron chi connectivity index (χ3n) is 6.47. The Bertz CT molecular complexity index is 1030. The van der Waals surface area contributed by atoms with Crippen molar-refractivity contribution in [1.29, 1.82) is 0 Å². The Labute approximate surface area is 225 Å². The van der Waals surface area contributed by atoms with Gasteiger partial charge in [-0.3, -0.25) is 9.59 Å². The maximum Gasteiger partial charge on any atom is 0.412 e. The number of ketones is 1. The molecule has 0 radical (unpaired) electrons. The van der Waals surface area contributed by atoms with E-state index in [0.29, 0.717) is 17.1 Å². The predicted octanol–water partition coefficient (Wildman–Crippen LogP) is 5.32. The molecule has 7 nitrogen and oxygen atoms in total. The summed E-state index contributed by atoms with van der Waals surface area (Å²) in [5, 5.41) is 41.0. The van der Waals surface area contributed by atoms with Crippen LogP contribution in [0.2, 0.25) is 0 Å².